The molecule has 1 fully saturated rings. The molecule has 0 radical (unpaired) electrons. The first-order valence-electron chi connectivity index (χ1n) is 6.20. The zero-order valence-electron chi connectivity index (χ0n) is 10.5. The molecule has 2 atom stereocenters. The summed E-state index contributed by atoms with van der Waals surface area (Å²) in [5.74, 6) is -1.45. The van der Waals surface area contributed by atoms with Gasteiger partial charge in [0.2, 0.25) is 5.76 Å². The first-order valence-corrected chi connectivity index (χ1v) is 6.20. The van der Waals surface area contributed by atoms with Crippen LogP contribution in [-0.2, 0) is 0 Å². The highest BCUT2D eigenvalue weighted by Gasteiger charge is 2.35. The minimum Gasteiger partial charge on any atom is -0.475 e. The predicted molar refractivity (Wildman–Crippen MR) is 64.6 cm³/mol. The summed E-state index contributed by atoms with van der Waals surface area (Å²) in [5.41, 5.74) is 0. The molecule has 0 aliphatic carbocycles. The maximum Gasteiger partial charge on any atom is 0.371 e. The molecule has 0 spiro atoms. The fraction of sp³-hybridized carbons (Fsp3) is 0.538. The third kappa shape index (κ3) is 2.12. The van der Waals surface area contributed by atoms with Gasteiger partial charge < -0.3 is 14.4 Å². The van der Waals surface area contributed by atoms with Crippen molar-refractivity contribution in [3.8, 4) is 0 Å². The van der Waals surface area contributed by atoms with Gasteiger partial charge in [0.1, 0.15) is 0 Å². The number of likely N-dealkylation sites (tertiary alicyclic amines) is 1. The lowest BCUT2D eigenvalue weighted by molar-refractivity contribution is 0.0620. The van der Waals surface area contributed by atoms with Crippen LogP contribution in [0, 0.1) is 0 Å². The lowest BCUT2D eigenvalue weighted by atomic mass is 10.1. The van der Waals surface area contributed by atoms with Gasteiger partial charge in [-0.1, -0.05) is 6.92 Å². The van der Waals surface area contributed by atoms with Gasteiger partial charge in [0.05, 0.1) is 0 Å². The third-order valence-corrected chi connectivity index (χ3v) is 3.52. The van der Waals surface area contributed by atoms with Crippen molar-refractivity contribution in [2.75, 3.05) is 0 Å². The summed E-state index contributed by atoms with van der Waals surface area (Å²) in [5, 5.41) is 8.78. The van der Waals surface area contributed by atoms with Crippen molar-refractivity contribution >= 4 is 11.9 Å². The van der Waals surface area contributed by atoms with E-state index in [4.69, 9.17) is 9.52 Å². The van der Waals surface area contributed by atoms with Gasteiger partial charge in [-0.05, 0) is 38.3 Å². The summed E-state index contributed by atoms with van der Waals surface area (Å²) in [4.78, 5) is 24.8. The SMILES string of the molecule is CCC1CCC(C)N1C(=O)c1ccc(C(=O)O)o1. The maximum absolute atomic E-state index is 12.3. The number of nitrogens with zero attached hydrogens (tertiary/aromatic N) is 1. The highest BCUT2D eigenvalue weighted by atomic mass is 16.4. The van der Waals surface area contributed by atoms with Crippen LogP contribution in [0.15, 0.2) is 16.5 Å². The van der Waals surface area contributed by atoms with Crippen molar-refractivity contribution in [1.29, 1.82) is 0 Å². The van der Waals surface area contributed by atoms with Crippen LogP contribution < -0.4 is 0 Å². The molecule has 1 aliphatic rings. The second kappa shape index (κ2) is 4.84. The van der Waals surface area contributed by atoms with Crippen LogP contribution >= 0.6 is 0 Å². The minimum absolute atomic E-state index is 0.111. The van der Waals surface area contributed by atoms with E-state index in [0.29, 0.717) is 0 Å². The molecule has 2 rings (SSSR count). The fourth-order valence-corrected chi connectivity index (χ4v) is 2.53. The van der Waals surface area contributed by atoms with Crippen LogP contribution in [0.25, 0.3) is 0 Å². The van der Waals surface area contributed by atoms with E-state index in [2.05, 4.69) is 0 Å². The summed E-state index contributed by atoms with van der Waals surface area (Å²) < 4.78 is 5.07. The summed E-state index contributed by atoms with van der Waals surface area (Å²) in [7, 11) is 0. The predicted octanol–water partition coefficient (Wildman–Crippen LogP) is 2.38. The van der Waals surface area contributed by atoms with Crippen LogP contribution in [0.5, 0.6) is 0 Å². The van der Waals surface area contributed by atoms with Crippen LogP contribution in [0.2, 0.25) is 0 Å². The van der Waals surface area contributed by atoms with Crippen molar-refractivity contribution in [1.82, 2.24) is 4.90 Å². The highest BCUT2D eigenvalue weighted by Crippen LogP contribution is 2.28. The van der Waals surface area contributed by atoms with E-state index >= 15 is 0 Å². The van der Waals surface area contributed by atoms with Crippen LogP contribution in [-0.4, -0.2) is 34.0 Å². The topological polar surface area (TPSA) is 70.8 Å². The number of carbonyl (C=O) groups is 2. The van der Waals surface area contributed by atoms with Gasteiger partial charge in [-0.25, -0.2) is 4.79 Å². The zero-order chi connectivity index (χ0) is 13.3. The maximum atomic E-state index is 12.3. The lowest BCUT2D eigenvalue weighted by Crippen LogP contribution is -2.39. The second-order valence-electron chi connectivity index (χ2n) is 4.67. The van der Waals surface area contributed by atoms with Crippen molar-refractivity contribution in [3.05, 3.63) is 23.7 Å². The number of amides is 1. The zero-order valence-corrected chi connectivity index (χ0v) is 10.5. The average Bonchev–Trinajstić information content (AvgIpc) is 2.94. The Morgan fingerprint density at radius 1 is 1.39 bits per heavy atom. The standard InChI is InChI=1S/C13H17NO4/c1-3-9-5-4-8(2)14(9)12(15)10-6-7-11(18-10)13(16)17/h6-9H,3-5H2,1-2H3,(H,16,17). The molecule has 1 saturated heterocycles. The molecular formula is C13H17NO4. The lowest BCUT2D eigenvalue weighted by Gasteiger charge is -2.26. The molecule has 1 amide bonds. The van der Waals surface area contributed by atoms with E-state index in [0.717, 1.165) is 19.3 Å². The number of carboxylic acid groups (broad SMARTS) is 1. The smallest absolute Gasteiger partial charge is 0.371 e. The van der Waals surface area contributed by atoms with Crippen LogP contribution in [0.1, 0.15) is 54.2 Å². The van der Waals surface area contributed by atoms with Gasteiger partial charge in [0.15, 0.2) is 5.76 Å². The molecule has 0 aromatic carbocycles. The Bertz CT molecular complexity index is 465. The first-order chi connectivity index (χ1) is 8.54. The molecule has 1 aliphatic heterocycles. The summed E-state index contributed by atoms with van der Waals surface area (Å²) in [6.45, 7) is 4.06. The Kier molecular flexibility index (Phi) is 3.41. The molecule has 18 heavy (non-hydrogen) atoms. The second-order valence-corrected chi connectivity index (χ2v) is 4.67. The molecule has 5 nitrogen and oxygen atoms in total. The van der Waals surface area contributed by atoms with E-state index in [-0.39, 0.29) is 29.5 Å². The summed E-state index contributed by atoms with van der Waals surface area (Å²) >= 11 is 0. The van der Waals surface area contributed by atoms with Crippen LogP contribution in [0.3, 0.4) is 0 Å². The van der Waals surface area contributed by atoms with Gasteiger partial charge in [-0.15, -0.1) is 0 Å². The van der Waals surface area contributed by atoms with Gasteiger partial charge >= 0.3 is 5.97 Å². The molecule has 0 saturated carbocycles. The molecular weight excluding hydrogens is 234 g/mol. The number of carbonyl (C=O) groups excluding carboxylic acids is 1. The molecule has 1 aromatic heterocycles. The Hall–Kier alpha value is -1.78. The summed E-state index contributed by atoms with van der Waals surface area (Å²) in [6.07, 6.45) is 2.88. The van der Waals surface area contributed by atoms with Crippen molar-refractivity contribution in [2.24, 2.45) is 0 Å². The van der Waals surface area contributed by atoms with Crippen molar-refractivity contribution in [2.45, 2.75) is 45.2 Å². The van der Waals surface area contributed by atoms with Gasteiger partial charge in [-0.3, -0.25) is 4.79 Å². The Morgan fingerprint density at radius 3 is 2.61 bits per heavy atom. The molecule has 1 aromatic rings. The number of hydrogen-bond donors (Lipinski definition) is 1. The number of hydrogen-bond acceptors (Lipinski definition) is 3. The van der Waals surface area contributed by atoms with E-state index in [1.165, 1.54) is 12.1 Å². The number of furan rings is 1. The molecule has 5 heteroatoms. The normalized spacial score (nSPS) is 23.3. The average molecular weight is 251 g/mol. The quantitative estimate of drug-likeness (QED) is 0.895. The van der Waals surface area contributed by atoms with Gasteiger partial charge in [-0.2, -0.15) is 0 Å². The number of rotatable bonds is 3. The van der Waals surface area contributed by atoms with Gasteiger partial charge in [0.25, 0.3) is 5.91 Å². The van der Waals surface area contributed by atoms with E-state index in [9.17, 15) is 9.59 Å². The summed E-state index contributed by atoms with van der Waals surface area (Å²) in [6, 6.07) is 3.16. The Morgan fingerprint density at radius 2 is 2.06 bits per heavy atom. The van der Waals surface area contributed by atoms with Gasteiger partial charge in [0, 0.05) is 12.1 Å². The minimum atomic E-state index is -1.16. The third-order valence-electron chi connectivity index (χ3n) is 3.52. The molecule has 2 unspecified atom stereocenters. The molecule has 1 N–H and O–H groups in total. The molecule has 98 valence electrons. The monoisotopic (exact) mass is 251 g/mol. The Labute approximate surface area is 105 Å². The Balaban J connectivity index is 2.21. The van der Waals surface area contributed by atoms with E-state index < -0.39 is 5.97 Å². The van der Waals surface area contributed by atoms with E-state index in [1.807, 2.05) is 18.7 Å². The largest absolute Gasteiger partial charge is 0.475 e. The van der Waals surface area contributed by atoms with E-state index in [1.54, 1.807) is 0 Å². The number of aromatic carboxylic acids is 1. The molecule has 2 heterocycles. The van der Waals surface area contributed by atoms with Crippen molar-refractivity contribution < 1.29 is 19.1 Å². The van der Waals surface area contributed by atoms with Crippen LogP contribution in [0.4, 0.5) is 0 Å². The first kappa shape index (κ1) is 12.7. The molecule has 0 bridgehead atoms. The highest BCUT2D eigenvalue weighted by molar-refractivity contribution is 5.94. The fourth-order valence-electron chi connectivity index (χ4n) is 2.53. The number of carboxylic acids is 1. The van der Waals surface area contributed by atoms with Crippen molar-refractivity contribution in [3.63, 3.8) is 0 Å².